The number of carbonyl (C=O) groups excluding carboxylic acids is 1. The van der Waals surface area contributed by atoms with Gasteiger partial charge in [-0.3, -0.25) is 4.79 Å². The van der Waals surface area contributed by atoms with E-state index in [1.54, 1.807) is 4.52 Å². The molecule has 2 aromatic rings. The van der Waals surface area contributed by atoms with Crippen molar-refractivity contribution in [3.8, 4) is 0 Å². The van der Waals surface area contributed by atoms with Crippen LogP contribution in [0.3, 0.4) is 0 Å². The van der Waals surface area contributed by atoms with Gasteiger partial charge < -0.3 is 11.1 Å². The van der Waals surface area contributed by atoms with Crippen LogP contribution in [0.2, 0.25) is 0 Å². The molecule has 2 heterocycles. The quantitative estimate of drug-likeness (QED) is 0.783. The van der Waals surface area contributed by atoms with Crippen molar-refractivity contribution in [2.75, 3.05) is 13.1 Å². The maximum Gasteiger partial charge on any atom is 0.256 e. The predicted octanol–water partition coefficient (Wildman–Crippen LogP) is 0.0346. The van der Waals surface area contributed by atoms with Crippen LogP contribution in [0, 0.1) is 13.8 Å². The summed E-state index contributed by atoms with van der Waals surface area (Å²) in [6.45, 7) is 4.68. The van der Waals surface area contributed by atoms with E-state index in [9.17, 15) is 4.79 Å². The summed E-state index contributed by atoms with van der Waals surface area (Å²) >= 11 is 0. The number of aromatic nitrogens is 3. The summed E-state index contributed by atoms with van der Waals surface area (Å²) in [6, 6.07) is 1.92. The largest absolute Gasteiger partial charge is 0.351 e. The number of nitrogens with one attached hydrogen (secondary N) is 1. The monoisotopic (exact) mass is 233 g/mol. The maximum absolute atomic E-state index is 11.8. The van der Waals surface area contributed by atoms with Gasteiger partial charge in [0, 0.05) is 24.5 Å². The summed E-state index contributed by atoms with van der Waals surface area (Å²) in [5, 5.41) is 6.86. The van der Waals surface area contributed by atoms with Gasteiger partial charge in [-0.15, -0.1) is 0 Å². The smallest absolute Gasteiger partial charge is 0.256 e. The summed E-state index contributed by atoms with van der Waals surface area (Å²) in [5.74, 6) is -0.192. The highest BCUT2D eigenvalue weighted by Crippen LogP contribution is 2.11. The Morgan fingerprint density at radius 2 is 2.29 bits per heavy atom. The number of hydrogen-bond donors (Lipinski definition) is 2. The topological polar surface area (TPSA) is 85.3 Å². The lowest BCUT2D eigenvalue weighted by Crippen LogP contribution is -2.29. The normalized spacial score (nSPS) is 10.8. The molecule has 6 nitrogen and oxygen atoms in total. The minimum absolute atomic E-state index is 0.192. The Morgan fingerprint density at radius 3 is 3.00 bits per heavy atom. The molecule has 0 atom stereocenters. The number of fused-ring (bicyclic) bond motifs is 1. The van der Waals surface area contributed by atoms with Crippen molar-refractivity contribution in [1.29, 1.82) is 0 Å². The van der Waals surface area contributed by atoms with Crippen LogP contribution in [0.25, 0.3) is 5.65 Å². The van der Waals surface area contributed by atoms with Crippen molar-refractivity contribution in [3.63, 3.8) is 0 Å². The lowest BCUT2D eigenvalue weighted by Gasteiger charge is -2.03. The van der Waals surface area contributed by atoms with Crippen molar-refractivity contribution in [2.45, 2.75) is 13.8 Å². The average Bonchev–Trinajstić information content (AvgIpc) is 2.69. The highest BCUT2D eigenvalue weighted by molar-refractivity contribution is 5.99. The molecule has 0 fully saturated rings. The van der Waals surface area contributed by atoms with Crippen LogP contribution in [0.4, 0.5) is 0 Å². The van der Waals surface area contributed by atoms with Gasteiger partial charge in [0.2, 0.25) is 0 Å². The first kappa shape index (κ1) is 11.5. The molecule has 2 aromatic heterocycles. The predicted molar refractivity (Wildman–Crippen MR) is 63.8 cm³/mol. The number of carbonyl (C=O) groups is 1. The summed E-state index contributed by atoms with van der Waals surface area (Å²) in [6.07, 6.45) is 1.53. The Kier molecular flexibility index (Phi) is 3.06. The molecular formula is C11H15N5O. The number of nitrogens with zero attached hydrogens (tertiary/aromatic N) is 3. The SMILES string of the molecule is Cc1cc(C)n2ncc(C(=O)NCCN)c2n1. The molecule has 0 radical (unpaired) electrons. The third-order valence-electron chi connectivity index (χ3n) is 2.45. The zero-order valence-electron chi connectivity index (χ0n) is 9.90. The van der Waals surface area contributed by atoms with E-state index in [1.165, 1.54) is 6.20 Å². The summed E-state index contributed by atoms with van der Waals surface area (Å²) in [5.41, 5.74) is 8.21. The molecule has 0 aliphatic heterocycles. The van der Waals surface area contributed by atoms with E-state index in [-0.39, 0.29) is 5.91 Å². The number of aryl methyl sites for hydroxylation is 2. The number of amides is 1. The van der Waals surface area contributed by atoms with Gasteiger partial charge in [-0.05, 0) is 19.9 Å². The van der Waals surface area contributed by atoms with Gasteiger partial charge in [0.25, 0.3) is 5.91 Å². The molecule has 0 aliphatic carbocycles. The second-order valence-electron chi connectivity index (χ2n) is 3.88. The van der Waals surface area contributed by atoms with Gasteiger partial charge >= 0.3 is 0 Å². The molecule has 3 N–H and O–H groups in total. The molecule has 0 saturated heterocycles. The second-order valence-corrected chi connectivity index (χ2v) is 3.88. The maximum atomic E-state index is 11.8. The Hall–Kier alpha value is -1.95. The molecule has 6 heteroatoms. The summed E-state index contributed by atoms with van der Waals surface area (Å²) in [7, 11) is 0. The van der Waals surface area contributed by atoms with Crippen molar-refractivity contribution >= 4 is 11.6 Å². The minimum atomic E-state index is -0.192. The van der Waals surface area contributed by atoms with E-state index in [1.807, 2.05) is 19.9 Å². The minimum Gasteiger partial charge on any atom is -0.351 e. The fourth-order valence-electron chi connectivity index (χ4n) is 1.71. The van der Waals surface area contributed by atoms with Gasteiger partial charge in [-0.2, -0.15) is 5.10 Å². The van der Waals surface area contributed by atoms with Crippen LogP contribution in [-0.4, -0.2) is 33.6 Å². The van der Waals surface area contributed by atoms with E-state index < -0.39 is 0 Å². The van der Waals surface area contributed by atoms with Crippen LogP contribution in [-0.2, 0) is 0 Å². The highest BCUT2D eigenvalue weighted by atomic mass is 16.1. The van der Waals surface area contributed by atoms with Gasteiger partial charge in [0.05, 0.1) is 6.20 Å². The first-order valence-electron chi connectivity index (χ1n) is 5.43. The van der Waals surface area contributed by atoms with E-state index in [2.05, 4.69) is 15.4 Å². The highest BCUT2D eigenvalue weighted by Gasteiger charge is 2.14. The Labute approximate surface area is 98.8 Å². The fourth-order valence-corrected chi connectivity index (χ4v) is 1.71. The third kappa shape index (κ3) is 2.12. The summed E-state index contributed by atoms with van der Waals surface area (Å²) < 4.78 is 1.66. The molecule has 17 heavy (non-hydrogen) atoms. The Morgan fingerprint density at radius 1 is 1.53 bits per heavy atom. The summed E-state index contributed by atoms with van der Waals surface area (Å²) in [4.78, 5) is 16.2. The molecule has 1 amide bonds. The zero-order valence-corrected chi connectivity index (χ0v) is 9.90. The second kappa shape index (κ2) is 4.50. The van der Waals surface area contributed by atoms with Crippen molar-refractivity contribution < 1.29 is 4.79 Å². The standard InChI is InChI=1S/C11H15N5O/c1-7-5-8(2)16-10(15-7)9(6-14-16)11(17)13-4-3-12/h5-6H,3-4,12H2,1-2H3,(H,13,17). The molecule has 90 valence electrons. The van der Waals surface area contributed by atoms with Crippen LogP contribution >= 0.6 is 0 Å². The molecule has 0 spiro atoms. The fraction of sp³-hybridized carbons (Fsp3) is 0.364. The molecule has 0 bridgehead atoms. The molecule has 0 unspecified atom stereocenters. The van der Waals surface area contributed by atoms with Gasteiger partial charge in [0.15, 0.2) is 5.65 Å². The average molecular weight is 233 g/mol. The van der Waals surface area contributed by atoms with Crippen LogP contribution in [0.1, 0.15) is 21.7 Å². The molecular weight excluding hydrogens is 218 g/mol. The zero-order chi connectivity index (χ0) is 12.4. The Bertz CT molecular complexity index is 560. The Balaban J connectivity index is 2.45. The molecule has 0 aromatic carbocycles. The molecule has 0 aliphatic rings. The first-order chi connectivity index (χ1) is 8.13. The van der Waals surface area contributed by atoms with Gasteiger partial charge in [0.1, 0.15) is 5.56 Å². The van der Waals surface area contributed by atoms with E-state index in [0.29, 0.717) is 24.3 Å². The van der Waals surface area contributed by atoms with Crippen molar-refractivity contribution in [3.05, 3.63) is 29.2 Å². The van der Waals surface area contributed by atoms with Gasteiger partial charge in [-0.1, -0.05) is 0 Å². The number of nitrogens with two attached hydrogens (primary N) is 1. The number of rotatable bonds is 3. The van der Waals surface area contributed by atoms with E-state index >= 15 is 0 Å². The molecule has 0 saturated carbocycles. The van der Waals surface area contributed by atoms with Crippen LogP contribution < -0.4 is 11.1 Å². The lowest BCUT2D eigenvalue weighted by molar-refractivity contribution is 0.0956. The number of hydrogen-bond acceptors (Lipinski definition) is 4. The van der Waals surface area contributed by atoms with Gasteiger partial charge in [-0.25, -0.2) is 9.50 Å². The van der Waals surface area contributed by atoms with Crippen LogP contribution in [0.5, 0.6) is 0 Å². The van der Waals surface area contributed by atoms with Crippen LogP contribution in [0.15, 0.2) is 12.3 Å². The third-order valence-corrected chi connectivity index (χ3v) is 2.45. The van der Waals surface area contributed by atoms with Crippen molar-refractivity contribution in [1.82, 2.24) is 19.9 Å². The lowest BCUT2D eigenvalue weighted by atomic mass is 10.3. The first-order valence-corrected chi connectivity index (χ1v) is 5.43. The van der Waals surface area contributed by atoms with E-state index in [0.717, 1.165) is 11.4 Å². The van der Waals surface area contributed by atoms with Crippen molar-refractivity contribution in [2.24, 2.45) is 5.73 Å². The molecule has 2 rings (SSSR count). The van der Waals surface area contributed by atoms with E-state index in [4.69, 9.17) is 5.73 Å².